The van der Waals surface area contributed by atoms with Crippen LogP contribution >= 0.6 is 0 Å². The number of carbonyl (C=O) groups is 1. The lowest BCUT2D eigenvalue weighted by atomic mass is 9.96. The molecule has 1 amide bonds. The second-order valence-corrected chi connectivity index (χ2v) is 8.61. The van der Waals surface area contributed by atoms with Gasteiger partial charge in [0, 0.05) is 19.1 Å². The van der Waals surface area contributed by atoms with Crippen molar-refractivity contribution in [1.29, 1.82) is 0 Å². The number of hydrogen-bond donors (Lipinski definition) is 1. The summed E-state index contributed by atoms with van der Waals surface area (Å²) in [6.45, 7) is 9.71. The van der Waals surface area contributed by atoms with Crippen LogP contribution in [0.4, 0.5) is 0 Å². The minimum Gasteiger partial charge on any atom is -0.356 e. The van der Waals surface area contributed by atoms with Crippen molar-refractivity contribution in [2.45, 2.75) is 117 Å². The highest BCUT2D eigenvalue weighted by Crippen LogP contribution is 2.18. The highest BCUT2D eigenvalue weighted by atomic mass is 16.1. The molecule has 0 saturated carbocycles. The summed E-state index contributed by atoms with van der Waals surface area (Å²) < 4.78 is 0. The molecule has 154 valence electrons. The van der Waals surface area contributed by atoms with Gasteiger partial charge in [0.2, 0.25) is 5.91 Å². The van der Waals surface area contributed by atoms with E-state index in [0.29, 0.717) is 11.9 Å². The van der Waals surface area contributed by atoms with Crippen molar-refractivity contribution in [3.05, 3.63) is 0 Å². The van der Waals surface area contributed by atoms with Gasteiger partial charge >= 0.3 is 0 Å². The van der Waals surface area contributed by atoms with Crippen LogP contribution in [0, 0.1) is 5.92 Å². The van der Waals surface area contributed by atoms with Gasteiger partial charge in [-0.2, -0.15) is 0 Å². The van der Waals surface area contributed by atoms with Crippen LogP contribution in [-0.2, 0) is 4.79 Å². The number of piperidine rings is 1. The molecule has 1 unspecified atom stereocenters. The second kappa shape index (κ2) is 15.5. The largest absolute Gasteiger partial charge is 0.356 e. The summed E-state index contributed by atoms with van der Waals surface area (Å²) in [6.07, 6.45) is 18.6. The molecule has 1 rings (SSSR count). The van der Waals surface area contributed by atoms with Crippen molar-refractivity contribution in [1.82, 2.24) is 10.2 Å². The Morgan fingerprint density at radius 1 is 0.923 bits per heavy atom. The van der Waals surface area contributed by atoms with Crippen LogP contribution in [-0.4, -0.2) is 36.5 Å². The van der Waals surface area contributed by atoms with Gasteiger partial charge in [-0.3, -0.25) is 4.79 Å². The third kappa shape index (κ3) is 11.2. The van der Waals surface area contributed by atoms with Crippen molar-refractivity contribution < 1.29 is 4.79 Å². The molecule has 1 aliphatic rings. The molecule has 3 heteroatoms. The SMILES string of the molecule is CCCCCCCCCCCCCCNC(=O)C1CCCN(C(C)C)C1. The summed E-state index contributed by atoms with van der Waals surface area (Å²) in [7, 11) is 0. The Morgan fingerprint density at radius 3 is 2.00 bits per heavy atom. The minimum atomic E-state index is 0.212. The maximum absolute atomic E-state index is 12.3. The van der Waals surface area contributed by atoms with Gasteiger partial charge in [0.25, 0.3) is 0 Å². The van der Waals surface area contributed by atoms with E-state index in [1.807, 2.05) is 0 Å². The molecule has 0 aromatic heterocycles. The Hall–Kier alpha value is -0.570. The number of likely N-dealkylation sites (tertiary alicyclic amines) is 1. The van der Waals surface area contributed by atoms with Crippen molar-refractivity contribution >= 4 is 5.91 Å². The first-order valence-electron chi connectivity index (χ1n) is 11.7. The molecule has 0 aliphatic carbocycles. The third-order valence-corrected chi connectivity index (χ3v) is 5.88. The van der Waals surface area contributed by atoms with Gasteiger partial charge in [-0.1, -0.05) is 77.6 Å². The highest BCUT2D eigenvalue weighted by molar-refractivity contribution is 5.78. The summed E-state index contributed by atoms with van der Waals surface area (Å²) in [5.74, 6) is 0.502. The fraction of sp³-hybridized carbons (Fsp3) is 0.957. The van der Waals surface area contributed by atoms with Crippen molar-refractivity contribution in [2.75, 3.05) is 19.6 Å². The van der Waals surface area contributed by atoms with Crippen LogP contribution in [0.5, 0.6) is 0 Å². The second-order valence-electron chi connectivity index (χ2n) is 8.61. The number of hydrogen-bond acceptors (Lipinski definition) is 2. The molecule has 26 heavy (non-hydrogen) atoms. The van der Waals surface area contributed by atoms with E-state index in [0.717, 1.165) is 38.9 Å². The Bertz CT molecular complexity index is 343. The van der Waals surface area contributed by atoms with Gasteiger partial charge in [-0.25, -0.2) is 0 Å². The molecule has 1 heterocycles. The van der Waals surface area contributed by atoms with E-state index in [-0.39, 0.29) is 5.92 Å². The number of carbonyl (C=O) groups excluding carboxylic acids is 1. The van der Waals surface area contributed by atoms with Crippen molar-refractivity contribution in [2.24, 2.45) is 5.92 Å². The van der Waals surface area contributed by atoms with Crippen LogP contribution in [0.15, 0.2) is 0 Å². The molecule has 1 saturated heterocycles. The van der Waals surface area contributed by atoms with Crippen molar-refractivity contribution in [3.8, 4) is 0 Å². The molecule has 0 bridgehead atoms. The Balaban J connectivity index is 1.89. The topological polar surface area (TPSA) is 32.3 Å². The molecule has 1 N–H and O–H groups in total. The lowest BCUT2D eigenvalue weighted by Crippen LogP contribution is -2.45. The van der Waals surface area contributed by atoms with Crippen LogP contribution in [0.25, 0.3) is 0 Å². The van der Waals surface area contributed by atoms with Gasteiger partial charge in [-0.15, -0.1) is 0 Å². The summed E-state index contributed by atoms with van der Waals surface area (Å²) in [4.78, 5) is 14.8. The average Bonchev–Trinajstić information content (AvgIpc) is 2.65. The summed E-state index contributed by atoms with van der Waals surface area (Å²) in [5, 5.41) is 3.18. The average molecular weight is 367 g/mol. The molecular weight excluding hydrogens is 320 g/mol. The maximum atomic E-state index is 12.3. The molecule has 1 fully saturated rings. The van der Waals surface area contributed by atoms with Crippen LogP contribution in [0.2, 0.25) is 0 Å². The zero-order chi connectivity index (χ0) is 19.0. The molecule has 1 aliphatic heterocycles. The van der Waals surface area contributed by atoms with E-state index in [2.05, 4.69) is 31.0 Å². The molecular formula is C23H46N2O. The van der Waals surface area contributed by atoms with Gasteiger partial charge < -0.3 is 10.2 Å². The number of amides is 1. The molecule has 0 spiro atoms. The van der Waals surface area contributed by atoms with E-state index >= 15 is 0 Å². The van der Waals surface area contributed by atoms with Crippen LogP contribution < -0.4 is 5.32 Å². The lowest BCUT2D eigenvalue weighted by Gasteiger charge is -2.34. The predicted molar refractivity (Wildman–Crippen MR) is 114 cm³/mol. The van der Waals surface area contributed by atoms with Crippen LogP contribution in [0.3, 0.4) is 0 Å². The molecule has 3 nitrogen and oxygen atoms in total. The third-order valence-electron chi connectivity index (χ3n) is 5.88. The zero-order valence-electron chi connectivity index (χ0n) is 18.0. The molecule has 0 radical (unpaired) electrons. The van der Waals surface area contributed by atoms with E-state index in [9.17, 15) is 4.79 Å². The van der Waals surface area contributed by atoms with Gasteiger partial charge in [-0.05, 0) is 39.7 Å². The number of nitrogens with one attached hydrogen (secondary N) is 1. The normalized spacial score (nSPS) is 18.4. The highest BCUT2D eigenvalue weighted by Gasteiger charge is 2.26. The van der Waals surface area contributed by atoms with E-state index < -0.39 is 0 Å². The van der Waals surface area contributed by atoms with Crippen LogP contribution in [0.1, 0.15) is 111 Å². The first-order valence-corrected chi connectivity index (χ1v) is 11.7. The first-order chi connectivity index (χ1) is 12.6. The monoisotopic (exact) mass is 366 g/mol. The predicted octanol–water partition coefficient (Wildman–Crippen LogP) is 5.92. The standard InChI is InChI=1S/C23H46N2O/c1-4-5-6-7-8-9-10-11-12-13-14-15-18-24-23(26)22-17-16-19-25(20-22)21(2)3/h21-22H,4-20H2,1-3H3,(H,24,26). The maximum Gasteiger partial charge on any atom is 0.224 e. The Labute approximate surface area is 163 Å². The fourth-order valence-corrected chi connectivity index (χ4v) is 4.01. The molecule has 0 aromatic carbocycles. The quantitative estimate of drug-likeness (QED) is 0.365. The summed E-state index contributed by atoms with van der Waals surface area (Å²) >= 11 is 0. The van der Waals surface area contributed by atoms with Gasteiger partial charge in [0.15, 0.2) is 0 Å². The van der Waals surface area contributed by atoms with Gasteiger partial charge in [0.05, 0.1) is 5.92 Å². The molecule has 1 atom stereocenters. The van der Waals surface area contributed by atoms with E-state index in [4.69, 9.17) is 0 Å². The smallest absolute Gasteiger partial charge is 0.224 e. The summed E-state index contributed by atoms with van der Waals surface area (Å²) in [5.41, 5.74) is 0. The van der Waals surface area contributed by atoms with E-state index in [1.165, 1.54) is 70.6 Å². The fourth-order valence-electron chi connectivity index (χ4n) is 4.01. The zero-order valence-corrected chi connectivity index (χ0v) is 18.0. The number of unbranched alkanes of at least 4 members (excludes halogenated alkanes) is 11. The van der Waals surface area contributed by atoms with Gasteiger partial charge in [0.1, 0.15) is 0 Å². The first kappa shape index (κ1) is 23.5. The Morgan fingerprint density at radius 2 is 1.46 bits per heavy atom. The molecule has 0 aromatic rings. The van der Waals surface area contributed by atoms with E-state index in [1.54, 1.807) is 0 Å². The lowest BCUT2D eigenvalue weighted by molar-refractivity contribution is -0.126. The number of rotatable bonds is 15. The Kier molecular flexibility index (Phi) is 14.0. The number of nitrogens with zero attached hydrogens (tertiary/aromatic N) is 1. The minimum absolute atomic E-state index is 0.212. The summed E-state index contributed by atoms with van der Waals surface area (Å²) in [6, 6.07) is 0.557. The van der Waals surface area contributed by atoms with Crippen molar-refractivity contribution in [3.63, 3.8) is 0 Å².